The number of hydrogen-bond donors (Lipinski definition) is 1. The molecule has 2 atom stereocenters. The Morgan fingerprint density at radius 3 is 2.89 bits per heavy atom. The summed E-state index contributed by atoms with van der Waals surface area (Å²) in [6, 6.07) is 9.51. The van der Waals surface area contributed by atoms with Crippen molar-refractivity contribution in [3.8, 4) is 0 Å². The molecular formula is C19H25N5O3. The lowest BCUT2D eigenvalue weighted by Crippen LogP contribution is -2.37. The first kappa shape index (κ1) is 18.1. The molecule has 2 aliphatic heterocycles. The van der Waals surface area contributed by atoms with Crippen molar-refractivity contribution in [2.24, 2.45) is 0 Å². The Balaban J connectivity index is 1.43. The number of aliphatic hydroxyl groups excluding tert-OH is 1. The van der Waals surface area contributed by atoms with Gasteiger partial charge >= 0.3 is 0 Å². The molecule has 8 nitrogen and oxygen atoms in total. The Morgan fingerprint density at radius 2 is 2.07 bits per heavy atom. The van der Waals surface area contributed by atoms with E-state index in [1.807, 2.05) is 30.3 Å². The highest BCUT2D eigenvalue weighted by atomic mass is 16.5. The van der Waals surface area contributed by atoms with E-state index in [1.165, 1.54) is 0 Å². The number of likely N-dealkylation sites (tertiary alicyclic amines) is 1. The number of rotatable bonds is 5. The second-order valence-corrected chi connectivity index (χ2v) is 7.29. The maximum atomic E-state index is 12.7. The van der Waals surface area contributed by atoms with Gasteiger partial charge in [-0.15, -0.1) is 10.2 Å². The highest BCUT2D eigenvalue weighted by Crippen LogP contribution is 2.32. The van der Waals surface area contributed by atoms with E-state index in [9.17, 15) is 9.90 Å². The van der Waals surface area contributed by atoms with E-state index < -0.39 is 6.10 Å². The van der Waals surface area contributed by atoms with Crippen molar-refractivity contribution >= 4 is 5.91 Å². The topological polar surface area (TPSA) is 83.7 Å². The Bertz CT molecular complexity index is 794. The van der Waals surface area contributed by atoms with Gasteiger partial charge in [0.1, 0.15) is 12.4 Å². The zero-order valence-electron chi connectivity index (χ0n) is 15.5. The van der Waals surface area contributed by atoms with Gasteiger partial charge in [0.2, 0.25) is 5.91 Å². The second kappa shape index (κ2) is 7.75. The molecule has 1 fully saturated rings. The van der Waals surface area contributed by atoms with Crippen LogP contribution in [0.4, 0.5) is 0 Å². The van der Waals surface area contributed by atoms with E-state index in [0.717, 1.165) is 36.8 Å². The monoisotopic (exact) mass is 371 g/mol. The molecule has 0 unspecified atom stereocenters. The minimum absolute atomic E-state index is 0.0121. The summed E-state index contributed by atoms with van der Waals surface area (Å²) in [7, 11) is 2.05. The van der Waals surface area contributed by atoms with Crippen molar-refractivity contribution < 1.29 is 14.6 Å². The molecule has 0 bridgehead atoms. The molecule has 27 heavy (non-hydrogen) atoms. The largest absolute Gasteiger partial charge is 0.391 e. The van der Waals surface area contributed by atoms with E-state index in [0.29, 0.717) is 19.6 Å². The summed E-state index contributed by atoms with van der Waals surface area (Å²) in [5.41, 5.74) is 1.03. The number of fused-ring (bicyclic) bond motifs is 1. The van der Waals surface area contributed by atoms with E-state index in [4.69, 9.17) is 4.74 Å². The predicted molar refractivity (Wildman–Crippen MR) is 97.5 cm³/mol. The Morgan fingerprint density at radius 1 is 1.26 bits per heavy atom. The molecule has 4 rings (SSSR count). The number of β-amino-alcohol motifs (C(OH)–C–C–N with tert-alkyl or cyclic N) is 1. The zero-order chi connectivity index (χ0) is 18.8. The van der Waals surface area contributed by atoms with Crippen LogP contribution in [0.2, 0.25) is 0 Å². The van der Waals surface area contributed by atoms with Gasteiger partial charge in [0.05, 0.1) is 25.3 Å². The van der Waals surface area contributed by atoms with E-state index >= 15 is 0 Å². The minimum atomic E-state index is -0.549. The zero-order valence-corrected chi connectivity index (χ0v) is 15.5. The van der Waals surface area contributed by atoms with Crippen LogP contribution in [0.3, 0.4) is 0 Å². The number of carbonyl (C=O) groups is 1. The SMILES string of the molecule is CN1CCn2c(nnc2[C@@H]2C[C@H](O)CN2C(=O)COCc2ccccc2)C1. The Kier molecular flexibility index (Phi) is 5.20. The molecule has 1 saturated heterocycles. The van der Waals surface area contributed by atoms with Gasteiger partial charge in [0, 0.05) is 26.1 Å². The van der Waals surface area contributed by atoms with Crippen LogP contribution in [0.1, 0.15) is 29.7 Å². The third-order valence-electron chi connectivity index (χ3n) is 5.21. The molecule has 144 valence electrons. The highest BCUT2D eigenvalue weighted by Gasteiger charge is 2.39. The fourth-order valence-corrected chi connectivity index (χ4v) is 3.79. The molecule has 1 aromatic heterocycles. The molecule has 0 spiro atoms. The van der Waals surface area contributed by atoms with Crippen molar-refractivity contribution in [2.45, 2.75) is 38.3 Å². The van der Waals surface area contributed by atoms with E-state index in [1.54, 1.807) is 4.90 Å². The van der Waals surface area contributed by atoms with Crippen LogP contribution in [-0.2, 0) is 29.2 Å². The average Bonchev–Trinajstić information content (AvgIpc) is 3.25. The summed E-state index contributed by atoms with van der Waals surface area (Å²) in [6.07, 6.45) is -0.0643. The summed E-state index contributed by atoms with van der Waals surface area (Å²) in [6.45, 7) is 3.15. The fraction of sp³-hybridized carbons (Fsp3) is 0.526. The fourth-order valence-electron chi connectivity index (χ4n) is 3.79. The molecule has 1 aromatic carbocycles. The molecule has 1 amide bonds. The average molecular weight is 371 g/mol. The number of carbonyl (C=O) groups excluding carboxylic acids is 1. The lowest BCUT2D eigenvalue weighted by molar-refractivity contribution is -0.138. The van der Waals surface area contributed by atoms with Crippen molar-refractivity contribution in [3.05, 3.63) is 47.5 Å². The Labute approximate surface area is 158 Å². The first-order valence-corrected chi connectivity index (χ1v) is 9.31. The Hall–Kier alpha value is -2.29. The van der Waals surface area contributed by atoms with Crippen LogP contribution in [-0.4, -0.2) is 68.4 Å². The molecule has 0 saturated carbocycles. The number of nitrogens with zero attached hydrogens (tertiary/aromatic N) is 5. The number of ether oxygens (including phenoxy) is 1. The molecule has 2 aromatic rings. The van der Waals surface area contributed by atoms with Gasteiger partial charge in [0.25, 0.3) is 0 Å². The number of amides is 1. The third-order valence-corrected chi connectivity index (χ3v) is 5.21. The lowest BCUT2D eigenvalue weighted by atomic mass is 10.2. The normalized spacial score (nSPS) is 22.8. The summed E-state index contributed by atoms with van der Waals surface area (Å²) in [4.78, 5) is 16.6. The van der Waals surface area contributed by atoms with Gasteiger partial charge in [-0.05, 0) is 12.6 Å². The van der Waals surface area contributed by atoms with Crippen molar-refractivity contribution in [2.75, 3.05) is 26.7 Å². The lowest BCUT2D eigenvalue weighted by Gasteiger charge is -2.27. The van der Waals surface area contributed by atoms with Gasteiger partial charge in [0.15, 0.2) is 5.82 Å². The van der Waals surface area contributed by atoms with E-state index in [2.05, 4.69) is 26.7 Å². The minimum Gasteiger partial charge on any atom is -0.391 e. The number of benzene rings is 1. The molecule has 0 aliphatic carbocycles. The first-order valence-electron chi connectivity index (χ1n) is 9.31. The number of aromatic nitrogens is 3. The molecular weight excluding hydrogens is 346 g/mol. The van der Waals surface area contributed by atoms with Crippen LogP contribution < -0.4 is 0 Å². The predicted octanol–water partition coefficient (Wildman–Crippen LogP) is 0.575. The van der Waals surface area contributed by atoms with Crippen LogP contribution in [0.25, 0.3) is 0 Å². The standard InChI is InChI=1S/C19H25N5O3/c1-22-7-8-23-17(11-22)20-21-19(23)16-9-15(25)10-24(16)18(26)13-27-12-14-5-3-2-4-6-14/h2-6,15-16,25H,7-13H2,1H3/t15-,16-/m0/s1. The number of hydrogen-bond acceptors (Lipinski definition) is 6. The molecule has 2 aliphatic rings. The van der Waals surface area contributed by atoms with Crippen molar-refractivity contribution in [3.63, 3.8) is 0 Å². The van der Waals surface area contributed by atoms with Gasteiger partial charge in [-0.2, -0.15) is 0 Å². The molecule has 3 heterocycles. The maximum Gasteiger partial charge on any atom is 0.249 e. The molecule has 1 N–H and O–H groups in total. The third kappa shape index (κ3) is 3.87. The molecule has 0 radical (unpaired) electrons. The maximum absolute atomic E-state index is 12.7. The van der Waals surface area contributed by atoms with Gasteiger partial charge in [-0.3, -0.25) is 9.69 Å². The summed E-state index contributed by atoms with van der Waals surface area (Å²) >= 11 is 0. The first-order chi connectivity index (χ1) is 13.1. The second-order valence-electron chi connectivity index (χ2n) is 7.29. The number of aliphatic hydroxyl groups is 1. The van der Waals surface area contributed by atoms with E-state index in [-0.39, 0.29) is 18.6 Å². The van der Waals surface area contributed by atoms with Crippen LogP contribution in [0, 0.1) is 0 Å². The van der Waals surface area contributed by atoms with Gasteiger partial charge in [-0.1, -0.05) is 30.3 Å². The smallest absolute Gasteiger partial charge is 0.249 e. The van der Waals surface area contributed by atoms with Crippen LogP contribution in [0.5, 0.6) is 0 Å². The van der Waals surface area contributed by atoms with Crippen LogP contribution >= 0.6 is 0 Å². The summed E-state index contributed by atoms with van der Waals surface area (Å²) < 4.78 is 7.69. The molecule has 8 heteroatoms. The van der Waals surface area contributed by atoms with Gasteiger partial charge in [-0.25, -0.2) is 0 Å². The summed E-state index contributed by atoms with van der Waals surface area (Å²) in [5, 5.41) is 18.8. The van der Waals surface area contributed by atoms with Gasteiger partial charge < -0.3 is 19.3 Å². The quantitative estimate of drug-likeness (QED) is 0.828. The van der Waals surface area contributed by atoms with Crippen molar-refractivity contribution in [1.82, 2.24) is 24.6 Å². The number of likely N-dealkylation sites (N-methyl/N-ethyl adjacent to an activating group) is 1. The summed E-state index contributed by atoms with van der Waals surface area (Å²) in [5.74, 6) is 1.55. The van der Waals surface area contributed by atoms with Crippen LogP contribution in [0.15, 0.2) is 30.3 Å². The highest BCUT2D eigenvalue weighted by molar-refractivity contribution is 5.78. The van der Waals surface area contributed by atoms with Crippen molar-refractivity contribution in [1.29, 1.82) is 0 Å².